The lowest BCUT2D eigenvalue weighted by Crippen LogP contribution is -2.18. The van der Waals surface area contributed by atoms with E-state index >= 15 is 0 Å². The second kappa shape index (κ2) is 17.8. The number of methoxy groups -OCH3 is 1. The molecule has 0 aliphatic heterocycles. The number of carboxylic acids is 1. The van der Waals surface area contributed by atoms with Crippen molar-refractivity contribution < 1.29 is 38.9 Å². The number of nitrogens with one attached hydrogen (secondary N) is 1. The normalized spacial score (nSPS) is 12.5. The van der Waals surface area contributed by atoms with E-state index in [1.54, 1.807) is 43.6 Å². The molecule has 6 rings (SSSR count). The van der Waals surface area contributed by atoms with Gasteiger partial charge in [0.05, 0.1) is 41.0 Å². The van der Waals surface area contributed by atoms with Crippen molar-refractivity contribution in [2.45, 2.75) is 72.9 Å². The summed E-state index contributed by atoms with van der Waals surface area (Å²) >= 11 is 1.19. The molecule has 0 radical (unpaired) electrons. The second-order valence-electron chi connectivity index (χ2n) is 13.4. The van der Waals surface area contributed by atoms with Crippen LogP contribution in [0.3, 0.4) is 0 Å². The number of nitrogens with two attached hydrogens (primary N) is 2. The van der Waals surface area contributed by atoms with E-state index in [0.29, 0.717) is 67.7 Å². The Labute approximate surface area is 341 Å². The second-order valence-corrected chi connectivity index (χ2v) is 14.4. The maximum Gasteiger partial charge on any atom is 0.303 e. The summed E-state index contributed by atoms with van der Waals surface area (Å²) in [6.45, 7) is 8.71. The highest BCUT2D eigenvalue weighted by molar-refractivity contribution is 7.16. The number of fused-ring (bicyclic) bond motifs is 2. The number of anilines is 1. The van der Waals surface area contributed by atoms with Crippen LogP contribution in [0.15, 0.2) is 53.5 Å². The topological polar surface area (TPSA) is 262 Å². The molecule has 3 amide bonds. The number of aliphatic carboxylic acids is 1. The predicted octanol–water partition coefficient (Wildman–Crippen LogP) is 3.65. The van der Waals surface area contributed by atoms with Crippen LogP contribution < -0.4 is 31.1 Å². The first-order chi connectivity index (χ1) is 28.2. The average molecular weight is 828 g/mol. The molecular weight excluding hydrogens is 783 g/mol. The standard InChI is InChI=1S/C39H45N11O8S/c1-6-49-26(15-21(3)45-49)36(55)43-38-42-25-17-23(34(40)53)19-29(58-14-10-11-31(51)52)32(25)47(38)12-8-9-13-48-33-28(57-5)18-24(35(41)54)20-30(33)59-39(48)44-37(56)27-16-22(4)46-50(27)7-2/h8-9,15-20,36,55H,6-7,10-14H2,1-5H3,(H2,40,53)(H2,41,54)(H,42,43)(H,51,52)/b9-8+,44-39-. The first-order valence-electron chi connectivity index (χ1n) is 18.7. The molecule has 20 heteroatoms. The maximum absolute atomic E-state index is 13.6. The number of imidazole rings is 1. The van der Waals surface area contributed by atoms with E-state index in [1.165, 1.54) is 36.6 Å². The number of allylic oxidation sites excluding steroid dienone is 2. The number of ether oxygens (including phenoxy) is 2. The minimum atomic E-state index is -1.24. The van der Waals surface area contributed by atoms with Gasteiger partial charge in [-0.05, 0) is 70.5 Å². The Hall–Kier alpha value is -6.80. The molecule has 59 heavy (non-hydrogen) atoms. The van der Waals surface area contributed by atoms with Gasteiger partial charge in [-0.3, -0.25) is 28.5 Å². The van der Waals surface area contributed by atoms with Gasteiger partial charge in [-0.25, -0.2) is 4.98 Å². The zero-order valence-electron chi connectivity index (χ0n) is 33.1. The lowest BCUT2D eigenvalue weighted by atomic mass is 10.1. The summed E-state index contributed by atoms with van der Waals surface area (Å²) in [5, 5.41) is 32.5. The Kier molecular flexibility index (Phi) is 12.6. The first kappa shape index (κ1) is 41.8. The van der Waals surface area contributed by atoms with E-state index in [1.807, 2.05) is 32.9 Å². The van der Waals surface area contributed by atoms with Crippen molar-refractivity contribution >= 4 is 62.2 Å². The minimum absolute atomic E-state index is 0.0236. The number of carbonyl (C=O) groups is 4. The van der Waals surface area contributed by atoms with Crippen LogP contribution in [0.2, 0.25) is 0 Å². The highest BCUT2D eigenvalue weighted by Crippen LogP contribution is 2.33. The van der Waals surface area contributed by atoms with Crippen LogP contribution >= 0.6 is 11.3 Å². The summed E-state index contributed by atoms with van der Waals surface area (Å²) < 4.78 is 19.1. The minimum Gasteiger partial charge on any atom is -0.494 e. The van der Waals surface area contributed by atoms with Gasteiger partial charge in [-0.15, -0.1) is 0 Å². The van der Waals surface area contributed by atoms with E-state index in [4.69, 9.17) is 25.9 Å². The summed E-state index contributed by atoms with van der Waals surface area (Å²) in [7, 11) is 1.47. The van der Waals surface area contributed by atoms with Crippen LogP contribution in [0.25, 0.3) is 21.3 Å². The molecule has 4 heterocycles. The lowest BCUT2D eigenvalue weighted by molar-refractivity contribution is -0.137. The quantitative estimate of drug-likeness (QED) is 0.0473. The molecule has 0 fully saturated rings. The summed E-state index contributed by atoms with van der Waals surface area (Å²) in [6.07, 6.45) is 2.49. The molecule has 6 aromatic rings. The summed E-state index contributed by atoms with van der Waals surface area (Å²) in [5.41, 5.74) is 15.2. The molecule has 1 atom stereocenters. The Bertz CT molecular complexity index is 2680. The Morgan fingerprint density at radius 3 is 2.20 bits per heavy atom. The van der Waals surface area contributed by atoms with Crippen molar-refractivity contribution in [1.29, 1.82) is 0 Å². The van der Waals surface area contributed by atoms with Crippen LogP contribution in [0.4, 0.5) is 5.95 Å². The summed E-state index contributed by atoms with van der Waals surface area (Å²) in [6, 6.07) is 9.56. The number of hydrogen-bond donors (Lipinski definition) is 5. The number of carbonyl (C=O) groups excluding carboxylic acids is 3. The molecule has 0 spiro atoms. The number of aryl methyl sites for hydroxylation is 4. The van der Waals surface area contributed by atoms with Crippen LogP contribution in [0.5, 0.6) is 11.5 Å². The number of nitrogens with zero attached hydrogens (tertiary/aromatic N) is 8. The number of hydrogen-bond acceptors (Lipinski definition) is 12. The van der Waals surface area contributed by atoms with Gasteiger partial charge in [0.1, 0.15) is 28.2 Å². The Morgan fingerprint density at radius 2 is 1.54 bits per heavy atom. The van der Waals surface area contributed by atoms with Gasteiger partial charge in [0.2, 0.25) is 17.8 Å². The molecule has 2 aromatic carbocycles. The predicted molar refractivity (Wildman–Crippen MR) is 218 cm³/mol. The largest absolute Gasteiger partial charge is 0.494 e. The number of carboxylic acid groups (broad SMARTS) is 1. The highest BCUT2D eigenvalue weighted by atomic mass is 32.1. The van der Waals surface area contributed by atoms with Crippen LogP contribution in [-0.2, 0) is 31.0 Å². The molecule has 310 valence electrons. The molecule has 1 unspecified atom stereocenters. The van der Waals surface area contributed by atoms with E-state index in [2.05, 4.69) is 20.5 Å². The number of primary amides is 2. The molecule has 0 aliphatic carbocycles. The number of aliphatic hydroxyl groups is 1. The molecule has 0 bridgehead atoms. The molecule has 0 saturated heterocycles. The fourth-order valence-electron chi connectivity index (χ4n) is 6.60. The number of aliphatic hydroxyl groups excluding tert-OH is 1. The van der Waals surface area contributed by atoms with Gasteiger partial charge in [0.25, 0.3) is 5.91 Å². The molecule has 4 aromatic heterocycles. The Morgan fingerprint density at radius 1 is 0.898 bits per heavy atom. The number of thiazole rings is 1. The zero-order chi connectivity index (χ0) is 42.5. The number of rotatable bonds is 18. The van der Waals surface area contributed by atoms with Crippen molar-refractivity contribution in [2.75, 3.05) is 19.0 Å². The monoisotopic (exact) mass is 827 g/mol. The molecule has 0 aliphatic rings. The lowest BCUT2D eigenvalue weighted by Gasteiger charge is -2.16. The van der Waals surface area contributed by atoms with E-state index < -0.39 is 29.9 Å². The van der Waals surface area contributed by atoms with E-state index in [9.17, 15) is 29.4 Å². The third kappa shape index (κ3) is 9.02. The third-order valence-electron chi connectivity index (χ3n) is 9.27. The zero-order valence-corrected chi connectivity index (χ0v) is 33.9. The fraction of sp³-hybridized carbons (Fsp3) is 0.333. The fourth-order valence-corrected chi connectivity index (χ4v) is 7.69. The number of amides is 3. The van der Waals surface area contributed by atoms with Crippen molar-refractivity contribution in [2.24, 2.45) is 16.5 Å². The van der Waals surface area contributed by atoms with Crippen LogP contribution in [0, 0.1) is 13.8 Å². The van der Waals surface area contributed by atoms with Gasteiger partial charge < -0.3 is 45.6 Å². The van der Waals surface area contributed by atoms with E-state index in [0.717, 1.165) is 0 Å². The number of benzene rings is 2. The van der Waals surface area contributed by atoms with Crippen LogP contribution in [0.1, 0.15) is 81.2 Å². The molecule has 0 saturated carbocycles. The maximum atomic E-state index is 13.6. The number of aromatic nitrogens is 7. The molecule has 19 nitrogen and oxygen atoms in total. The van der Waals surface area contributed by atoms with Crippen molar-refractivity contribution in [3.63, 3.8) is 0 Å². The van der Waals surface area contributed by atoms with Gasteiger partial charge in [0, 0.05) is 43.7 Å². The van der Waals surface area contributed by atoms with Gasteiger partial charge in [0.15, 0.2) is 11.0 Å². The smallest absolute Gasteiger partial charge is 0.303 e. The van der Waals surface area contributed by atoms with Crippen LogP contribution in [-0.4, -0.2) is 81.3 Å². The molecular formula is C39H45N11O8S. The Balaban J connectivity index is 1.44. The van der Waals surface area contributed by atoms with Gasteiger partial charge >= 0.3 is 5.97 Å². The molecule has 7 N–H and O–H groups in total. The summed E-state index contributed by atoms with van der Waals surface area (Å²) in [4.78, 5) is 59.0. The van der Waals surface area contributed by atoms with E-state index in [-0.39, 0.29) is 55.4 Å². The first-order valence-corrected chi connectivity index (χ1v) is 19.5. The third-order valence-corrected chi connectivity index (χ3v) is 10.3. The summed E-state index contributed by atoms with van der Waals surface area (Å²) in [5.74, 6) is -2.06. The highest BCUT2D eigenvalue weighted by Gasteiger charge is 2.23. The average Bonchev–Trinajstić information content (AvgIpc) is 3.96. The SMILES string of the molecule is CCn1nc(C)cc1C(=O)/N=c1\sc2cc(C(N)=O)cc(OC)c2n1C/C=C/Cn1c(NC(O)c2cc(C)nn2CC)nc2cc(C(N)=O)cc(OCCCC(=O)O)c21. The van der Waals surface area contributed by atoms with Gasteiger partial charge in [-0.1, -0.05) is 23.5 Å². The van der Waals surface area contributed by atoms with Crippen molar-refractivity contribution in [3.8, 4) is 11.5 Å². The van der Waals surface area contributed by atoms with Gasteiger partial charge in [-0.2, -0.15) is 15.2 Å². The van der Waals surface area contributed by atoms with Crippen molar-refractivity contribution in [1.82, 2.24) is 33.7 Å². The van der Waals surface area contributed by atoms with Crippen molar-refractivity contribution in [3.05, 3.63) is 87.3 Å².